The van der Waals surface area contributed by atoms with Gasteiger partial charge in [0, 0.05) is 25.7 Å². The predicted octanol–water partition coefficient (Wildman–Crippen LogP) is -0.0937. The van der Waals surface area contributed by atoms with Gasteiger partial charge in [-0.15, -0.1) is 0 Å². The molecule has 1 aliphatic heterocycles. The van der Waals surface area contributed by atoms with Gasteiger partial charge in [0.05, 0.1) is 19.3 Å². The summed E-state index contributed by atoms with van der Waals surface area (Å²) in [4.78, 5) is 25.3. The molecule has 21 heavy (non-hydrogen) atoms. The number of nitrogens with one attached hydrogen (secondary N) is 2. The Morgan fingerprint density at radius 2 is 2.10 bits per heavy atom. The van der Waals surface area contributed by atoms with Crippen LogP contribution in [0.15, 0.2) is 0 Å². The molecule has 1 heterocycles. The van der Waals surface area contributed by atoms with Gasteiger partial charge in [-0.3, -0.25) is 15.0 Å². The zero-order chi connectivity index (χ0) is 15.8. The third-order valence-corrected chi connectivity index (χ3v) is 3.39. The van der Waals surface area contributed by atoms with E-state index in [-0.39, 0.29) is 24.6 Å². The number of carbonyl (C=O) groups excluding carboxylic acids is 2. The van der Waals surface area contributed by atoms with Crippen LogP contribution in [-0.4, -0.2) is 61.8 Å². The molecule has 7 heteroatoms. The van der Waals surface area contributed by atoms with Crippen LogP contribution in [0.5, 0.6) is 0 Å². The smallest absolute Gasteiger partial charge is 0.321 e. The second-order valence-corrected chi connectivity index (χ2v) is 5.99. The first-order valence-electron chi connectivity index (χ1n) is 7.55. The summed E-state index contributed by atoms with van der Waals surface area (Å²) in [6.07, 6.45) is 0.827. The number of amides is 3. The molecule has 0 saturated carbocycles. The molecule has 0 bridgehead atoms. The molecule has 1 fully saturated rings. The van der Waals surface area contributed by atoms with Crippen molar-refractivity contribution in [1.82, 2.24) is 15.5 Å². The van der Waals surface area contributed by atoms with Crippen LogP contribution >= 0.6 is 0 Å². The Morgan fingerprint density at radius 3 is 2.71 bits per heavy atom. The van der Waals surface area contributed by atoms with Crippen LogP contribution in [0.3, 0.4) is 0 Å². The predicted molar refractivity (Wildman–Crippen MR) is 80.8 cm³/mol. The first-order valence-corrected chi connectivity index (χ1v) is 7.55. The van der Waals surface area contributed by atoms with Crippen LogP contribution in [0.4, 0.5) is 4.79 Å². The van der Waals surface area contributed by atoms with Gasteiger partial charge in [0.25, 0.3) is 0 Å². The van der Waals surface area contributed by atoms with E-state index in [4.69, 9.17) is 10.5 Å². The number of nitrogens with zero attached hydrogens (tertiary/aromatic N) is 1. The maximum Gasteiger partial charge on any atom is 0.321 e. The van der Waals surface area contributed by atoms with Crippen LogP contribution in [0.1, 0.15) is 27.2 Å². The normalized spacial score (nSPS) is 21.1. The summed E-state index contributed by atoms with van der Waals surface area (Å²) in [5, 5.41) is 5.02. The van der Waals surface area contributed by atoms with E-state index < -0.39 is 6.03 Å². The van der Waals surface area contributed by atoms with E-state index in [1.165, 1.54) is 0 Å². The monoisotopic (exact) mass is 300 g/mol. The van der Waals surface area contributed by atoms with Gasteiger partial charge in [0.15, 0.2) is 0 Å². The molecule has 0 aromatic rings. The third-order valence-electron chi connectivity index (χ3n) is 3.39. The van der Waals surface area contributed by atoms with Crippen molar-refractivity contribution >= 4 is 11.9 Å². The van der Waals surface area contributed by atoms with Gasteiger partial charge in [0.1, 0.15) is 0 Å². The number of hydrogen-bond donors (Lipinski definition) is 3. The Hall–Kier alpha value is -1.18. The number of rotatable bonds is 6. The molecular weight excluding hydrogens is 272 g/mol. The van der Waals surface area contributed by atoms with Crippen molar-refractivity contribution < 1.29 is 14.3 Å². The number of ether oxygens (including phenoxy) is 1. The first kappa shape index (κ1) is 17.9. The van der Waals surface area contributed by atoms with Crippen molar-refractivity contribution in [2.24, 2.45) is 11.7 Å². The largest absolute Gasteiger partial charge is 0.374 e. The summed E-state index contributed by atoms with van der Waals surface area (Å²) in [6, 6.07) is -0.507. The second-order valence-electron chi connectivity index (χ2n) is 5.99. The highest BCUT2D eigenvalue weighted by molar-refractivity contribution is 5.95. The van der Waals surface area contributed by atoms with E-state index in [2.05, 4.69) is 24.5 Å². The van der Waals surface area contributed by atoms with Gasteiger partial charge >= 0.3 is 6.03 Å². The minimum Gasteiger partial charge on any atom is -0.374 e. The molecule has 0 aromatic carbocycles. The minimum atomic E-state index is -0.433. The Balaban J connectivity index is 2.25. The fourth-order valence-corrected chi connectivity index (χ4v) is 2.08. The maximum atomic E-state index is 11.8. The van der Waals surface area contributed by atoms with E-state index in [1.54, 1.807) is 0 Å². The summed E-state index contributed by atoms with van der Waals surface area (Å²) in [6.45, 7) is 8.64. The van der Waals surface area contributed by atoms with Crippen molar-refractivity contribution in [3.63, 3.8) is 0 Å². The number of carbonyl (C=O) groups is 2. The maximum absolute atomic E-state index is 11.8. The first-order chi connectivity index (χ1) is 9.88. The molecule has 0 aliphatic carbocycles. The van der Waals surface area contributed by atoms with E-state index in [0.717, 1.165) is 6.42 Å². The number of morpholine rings is 1. The van der Waals surface area contributed by atoms with E-state index in [9.17, 15) is 9.59 Å². The fourth-order valence-electron chi connectivity index (χ4n) is 2.08. The highest BCUT2D eigenvalue weighted by Crippen LogP contribution is 2.07. The van der Waals surface area contributed by atoms with Crippen molar-refractivity contribution in [3.05, 3.63) is 0 Å². The van der Waals surface area contributed by atoms with E-state index in [0.29, 0.717) is 32.2 Å². The quantitative estimate of drug-likeness (QED) is 0.637. The lowest BCUT2D eigenvalue weighted by Gasteiger charge is -2.34. The Bertz CT molecular complexity index is 347. The Morgan fingerprint density at radius 1 is 1.38 bits per heavy atom. The van der Waals surface area contributed by atoms with Crippen molar-refractivity contribution in [2.75, 3.05) is 32.8 Å². The van der Waals surface area contributed by atoms with E-state index >= 15 is 0 Å². The van der Waals surface area contributed by atoms with Crippen LogP contribution in [-0.2, 0) is 9.53 Å². The number of hydrogen-bond acceptors (Lipinski definition) is 5. The topological polar surface area (TPSA) is 96.7 Å². The number of urea groups is 1. The molecule has 1 rings (SSSR count). The molecule has 2 unspecified atom stereocenters. The second kappa shape index (κ2) is 8.96. The van der Waals surface area contributed by atoms with Crippen molar-refractivity contribution in [2.45, 2.75) is 39.3 Å². The van der Waals surface area contributed by atoms with Crippen molar-refractivity contribution in [1.29, 1.82) is 0 Å². The van der Waals surface area contributed by atoms with Gasteiger partial charge in [-0.1, -0.05) is 13.8 Å². The van der Waals surface area contributed by atoms with Crippen LogP contribution < -0.4 is 16.4 Å². The lowest BCUT2D eigenvalue weighted by atomic mass is 10.1. The number of nitrogens with two attached hydrogens (primary N) is 1. The standard InChI is InChI=1S/C14H28N4O3/c1-10(2)4-5-16-14(20)17-13(19)9-18-6-7-21-12(8-18)11(3)15/h10-12H,4-9,15H2,1-3H3,(H2,16,17,19,20). The average molecular weight is 300 g/mol. The molecule has 4 N–H and O–H groups in total. The van der Waals surface area contributed by atoms with Gasteiger partial charge in [-0.05, 0) is 19.3 Å². The molecular formula is C14H28N4O3. The summed E-state index contributed by atoms with van der Waals surface area (Å²) in [5.74, 6) is 0.215. The van der Waals surface area contributed by atoms with Crippen molar-refractivity contribution in [3.8, 4) is 0 Å². The zero-order valence-corrected chi connectivity index (χ0v) is 13.2. The summed E-state index contributed by atoms with van der Waals surface area (Å²) >= 11 is 0. The molecule has 0 spiro atoms. The minimum absolute atomic E-state index is 0.0635. The Labute approximate surface area is 126 Å². The number of imide groups is 1. The fraction of sp³-hybridized carbons (Fsp3) is 0.857. The lowest BCUT2D eigenvalue weighted by Crippen LogP contribution is -2.53. The third kappa shape index (κ3) is 7.40. The van der Waals surface area contributed by atoms with Crippen LogP contribution in [0.25, 0.3) is 0 Å². The van der Waals surface area contributed by atoms with Crippen LogP contribution in [0.2, 0.25) is 0 Å². The molecule has 0 aromatic heterocycles. The molecule has 122 valence electrons. The molecule has 1 saturated heterocycles. The summed E-state index contributed by atoms with van der Waals surface area (Å²) in [7, 11) is 0. The van der Waals surface area contributed by atoms with Gasteiger partial charge in [-0.2, -0.15) is 0 Å². The van der Waals surface area contributed by atoms with Gasteiger partial charge in [-0.25, -0.2) is 4.79 Å². The SMILES string of the molecule is CC(C)CCNC(=O)NC(=O)CN1CCOC(C(C)N)C1. The molecule has 3 amide bonds. The van der Waals surface area contributed by atoms with Gasteiger partial charge < -0.3 is 15.8 Å². The lowest BCUT2D eigenvalue weighted by molar-refractivity contribution is -0.123. The zero-order valence-electron chi connectivity index (χ0n) is 13.2. The molecule has 7 nitrogen and oxygen atoms in total. The summed E-state index contributed by atoms with van der Waals surface area (Å²) < 4.78 is 5.53. The molecule has 0 radical (unpaired) electrons. The van der Waals surface area contributed by atoms with Gasteiger partial charge in [0.2, 0.25) is 5.91 Å². The highest BCUT2D eigenvalue weighted by Gasteiger charge is 2.24. The summed E-state index contributed by atoms with van der Waals surface area (Å²) in [5.41, 5.74) is 5.80. The average Bonchev–Trinajstić information content (AvgIpc) is 2.38. The highest BCUT2D eigenvalue weighted by atomic mass is 16.5. The van der Waals surface area contributed by atoms with E-state index in [1.807, 2.05) is 11.8 Å². The molecule has 2 atom stereocenters. The van der Waals surface area contributed by atoms with Crippen LogP contribution in [0, 0.1) is 5.92 Å². The molecule has 1 aliphatic rings. The Kier molecular flexibility index (Phi) is 7.63.